The molecule has 0 aromatic heterocycles. The third kappa shape index (κ3) is 9.17. The summed E-state index contributed by atoms with van der Waals surface area (Å²) in [5.41, 5.74) is -0.799. The molecule has 0 bridgehead atoms. The summed E-state index contributed by atoms with van der Waals surface area (Å²) >= 11 is 0. The Bertz CT molecular complexity index is 1950. The lowest BCUT2D eigenvalue weighted by molar-refractivity contribution is -0.404. The van der Waals surface area contributed by atoms with E-state index in [9.17, 15) is 71.2 Å². The number of Topliss-reactive ketones (excluding diaryl/α,β-unsaturated/α-hetero) is 1. The van der Waals surface area contributed by atoms with Crippen LogP contribution in [0.25, 0.3) is 0 Å². The van der Waals surface area contributed by atoms with E-state index in [1.165, 1.54) is 0 Å². The van der Waals surface area contributed by atoms with E-state index >= 15 is 0 Å². The van der Waals surface area contributed by atoms with Gasteiger partial charge in [0.25, 0.3) is 0 Å². The summed E-state index contributed by atoms with van der Waals surface area (Å²) in [6.07, 6.45) is -29.5. The Morgan fingerprint density at radius 3 is 1.92 bits per heavy atom. The molecule has 4 saturated carbocycles. The monoisotopic (exact) mass is 1060 g/mol. The Morgan fingerprint density at radius 1 is 0.595 bits per heavy atom. The number of aliphatic hydroxyl groups excluding tert-OH is 13. The number of aliphatic hydroxyl groups is 13. The molecule has 32 unspecified atom stereocenters. The van der Waals surface area contributed by atoms with Crippen LogP contribution in [0.2, 0.25) is 0 Å². The Balaban J connectivity index is 0.820. The van der Waals surface area contributed by atoms with Gasteiger partial charge in [-0.1, -0.05) is 27.7 Å². The zero-order valence-electron chi connectivity index (χ0n) is 42.2. The Labute approximate surface area is 428 Å². The normalized spacial score (nSPS) is 57.6. The van der Waals surface area contributed by atoms with Crippen molar-refractivity contribution in [3.05, 3.63) is 0 Å². The van der Waals surface area contributed by atoms with Gasteiger partial charge in [0.05, 0.1) is 45.2 Å². The quantitative estimate of drug-likeness (QED) is 0.0874. The van der Waals surface area contributed by atoms with Crippen molar-refractivity contribution in [1.29, 1.82) is 0 Å². The highest BCUT2D eigenvalue weighted by atomic mass is 16.8. The molecule has 10 fully saturated rings. The molecule has 424 valence electrons. The maximum atomic E-state index is 14.7. The van der Waals surface area contributed by atoms with Gasteiger partial charge in [0, 0.05) is 23.7 Å². The molecule has 6 saturated heterocycles. The van der Waals surface area contributed by atoms with Gasteiger partial charge in [-0.05, 0) is 80.0 Å². The van der Waals surface area contributed by atoms with Gasteiger partial charge >= 0.3 is 0 Å². The summed E-state index contributed by atoms with van der Waals surface area (Å²) in [6.45, 7) is 5.97. The predicted octanol–water partition coefficient (Wildman–Crippen LogP) is -4.12. The molecule has 0 aromatic rings. The van der Waals surface area contributed by atoms with E-state index in [1.807, 2.05) is 0 Å². The molecule has 32 atom stereocenters. The molecule has 74 heavy (non-hydrogen) atoms. The van der Waals surface area contributed by atoms with Crippen molar-refractivity contribution >= 4 is 5.78 Å². The van der Waals surface area contributed by atoms with Crippen molar-refractivity contribution in [3.63, 3.8) is 0 Å². The summed E-state index contributed by atoms with van der Waals surface area (Å²) in [7, 11) is 0. The molecule has 1 spiro atoms. The minimum Gasteiger partial charge on any atom is -0.394 e. The summed E-state index contributed by atoms with van der Waals surface area (Å²) in [5, 5.41) is 141. The first-order valence-corrected chi connectivity index (χ1v) is 26.8. The third-order valence-electron chi connectivity index (χ3n) is 19.9. The van der Waals surface area contributed by atoms with E-state index in [0.29, 0.717) is 38.2 Å². The van der Waals surface area contributed by atoms with Crippen LogP contribution in [-0.4, -0.2) is 246 Å². The highest BCUT2D eigenvalue weighted by Gasteiger charge is 2.73. The highest BCUT2D eigenvalue weighted by Crippen LogP contribution is 2.70. The smallest absolute Gasteiger partial charge is 0.197 e. The number of ether oxygens (including phenoxy) is 10. The van der Waals surface area contributed by atoms with E-state index in [0.717, 1.165) is 25.7 Å². The van der Waals surface area contributed by atoms with Crippen molar-refractivity contribution in [2.75, 3.05) is 33.0 Å². The lowest BCUT2D eigenvalue weighted by Crippen LogP contribution is -2.68. The zero-order chi connectivity index (χ0) is 53.1. The van der Waals surface area contributed by atoms with Gasteiger partial charge in [0.15, 0.2) is 30.9 Å². The molecule has 10 aliphatic rings. The first-order chi connectivity index (χ1) is 35.1. The number of hydrogen-bond donors (Lipinski definition) is 13. The molecule has 10 rings (SSSR count). The van der Waals surface area contributed by atoms with Crippen LogP contribution >= 0.6 is 0 Å². The standard InChI is InChI=1S/C50H80O24/c1-18-9-31(56)50(66-16-18)19(2)32-26(74-50)11-24-22-6-5-20-10-21(7-8-48(20,3)23(22)12-30(55)49(24,32)4)67-45-40(64)37(61)41(29(15-53)70-45)71-47-43(73-46-39(63)36(60)34(58)27(13-51)68-46)42(35(59)28(14-52)69-47)72-44-38(62)33(57)25(54)17-65-44/h18-29,31-47,51-54,56-64H,5-17H2,1-4H3. The lowest BCUT2D eigenvalue weighted by atomic mass is 9.44. The van der Waals surface area contributed by atoms with Crippen LogP contribution in [0.1, 0.15) is 79.1 Å². The Hall–Kier alpha value is -1.25. The second-order valence-electron chi connectivity index (χ2n) is 23.9. The molecule has 6 heterocycles. The SMILES string of the molecule is CC1COC2(OC3CC4C5CCC6CC(OC7OC(CO)C(OC8OC(CO)C(O)C(OC9OCC(O)C(O)C9O)C8OC8OC(CO)C(O)C(O)C8O)C(O)C7O)CCC6(C)C5CC(=O)C4(C)C3C2C)C(O)C1. The van der Waals surface area contributed by atoms with E-state index < -0.39 is 167 Å². The lowest BCUT2D eigenvalue weighted by Gasteiger charge is -2.61. The molecular weight excluding hydrogens is 985 g/mol. The molecule has 13 N–H and O–H groups in total. The van der Waals surface area contributed by atoms with Crippen molar-refractivity contribution in [3.8, 4) is 0 Å². The fourth-order valence-corrected chi connectivity index (χ4v) is 15.7. The van der Waals surface area contributed by atoms with Crippen molar-refractivity contribution in [2.24, 2.45) is 52.3 Å². The van der Waals surface area contributed by atoms with Crippen molar-refractivity contribution in [1.82, 2.24) is 0 Å². The van der Waals surface area contributed by atoms with Crippen LogP contribution in [0, 0.1) is 52.3 Å². The number of carbonyl (C=O) groups is 1. The van der Waals surface area contributed by atoms with E-state index in [4.69, 9.17) is 47.4 Å². The first kappa shape index (κ1) is 56.0. The van der Waals surface area contributed by atoms with Crippen LogP contribution in [0.3, 0.4) is 0 Å². The van der Waals surface area contributed by atoms with Gasteiger partial charge in [-0.3, -0.25) is 4.79 Å². The van der Waals surface area contributed by atoms with E-state index in [1.54, 1.807) is 0 Å². The van der Waals surface area contributed by atoms with Gasteiger partial charge in [0.2, 0.25) is 0 Å². The number of hydrogen-bond acceptors (Lipinski definition) is 24. The molecule has 0 radical (unpaired) electrons. The van der Waals surface area contributed by atoms with Crippen LogP contribution in [-0.2, 0) is 52.2 Å². The number of ketones is 1. The molecular formula is C50H80O24. The Morgan fingerprint density at radius 2 is 1.22 bits per heavy atom. The molecule has 6 aliphatic heterocycles. The first-order valence-electron chi connectivity index (χ1n) is 26.8. The maximum absolute atomic E-state index is 14.7. The second-order valence-corrected chi connectivity index (χ2v) is 23.9. The minimum absolute atomic E-state index is 0.0646. The van der Waals surface area contributed by atoms with Crippen molar-refractivity contribution < 1.29 is 119 Å². The van der Waals surface area contributed by atoms with Gasteiger partial charge in [-0.15, -0.1) is 0 Å². The maximum Gasteiger partial charge on any atom is 0.197 e. The summed E-state index contributed by atoms with van der Waals surface area (Å²) in [4.78, 5) is 14.7. The topological polar surface area (TPSA) is 372 Å². The van der Waals surface area contributed by atoms with E-state index in [2.05, 4.69) is 27.7 Å². The predicted molar refractivity (Wildman–Crippen MR) is 244 cm³/mol. The van der Waals surface area contributed by atoms with Gasteiger partial charge < -0.3 is 114 Å². The largest absolute Gasteiger partial charge is 0.394 e. The van der Waals surface area contributed by atoms with Crippen LogP contribution in [0.4, 0.5) is 0 Å². The fourth-order valence-electron chi connectivity index (χ4n) is 15.7. The summed E-state index contributed by atoms with van der Waals surface area (Å²) in [6, 6.07) is 0. The van der Waals surface area contributed by atoms with Gasteiger partial charge in [-0.2, -0.15) is 0 Å². The third-order valence-corrected chi connectivity index (χ3v) is 19.9. The number of fused-ring (bicyclic) bond motifs is 7. The fraction of sp³-hybridized carbons (Fsp3) is 0.980. The summed E-state index contributed by atoms with van der Waals surface area (Å²) in [5.74, 6) is -0.145. The molecule has 0 amide bonds. The number of carbonyl (C=O) groups excluding carboxylic acids is 1. The van der Waals surface area contributed by atoms with Crippen LogP contribution in [0.5, 0.6) is 0 Å². The minimum atomic E-state index is -2.02. The molecule has 4 aliphatic carbocycles. The molecule has 24 nitrogen and oxygen atoms in total. The van der Waals surface area contributed by atoms with Gasteiger partial charge in [0.1, 0.15) is 103 Å². The zero-order valence-corrected chi connectivity index (χ0v) is 42.2. The summed E-state index contributed by atoms with van der Waals surface area (Å²) < 4.78 is 60.8. The van der Waals surface area contributed by atoms with Crippen LogP contribution < -0.4 is 0 Å². The molecule has 0 aromatic carbocycles. The average Bonchev–Trinajstić information content (AvgIpc) is 3.84. The van der Waals surface area contributed by atoms with Crippen LogP contribution in [0.15, 0.2) is 0 Å². The van der Waals surface area contributed by atoms with E-state index in [-0.39, 0.29) is 52.8 Å². The number of rotatable bonds is 11. The molecule has 24 heteroatoms. The Kier molecular flexibility index (Phi) is 16.2. The second kappa shape index (κ2) is 21.3. The van der Waals surface area contributed by atoms with Gasteiger partial charge in [-0.25, -0.2) is 0 Å². The highest BCUT2D eigenvalue weighted by molar-refractivity contribution is 5.87. The average molecular weight is 1070 g/mol. The van der Waals surface area contributed by atoms with Crippen molar-refractivity contribution in [2.45, 2.75) is 220 Å².